The lowest BCUT2D eigenvalue weighted by Gasteiger charge is -2.14. The minimum absolute atomic E-state index is 0.0241. The summed E-state index contributed by atoms with van der Waals surface area (Å²) in [5.74, 6) is -1.42. The molecule has 0 bridgehead atoms. The van der Waals surface area contributed by atoms with E-state index in [4.69, 9.17) is 19.0 Å². The van der Waals surface area contributed by atoms with E-state index in [0.717, 1.165) is 5.39 Å². The summed E-state index contributed by atoms with van der Waals surface area (Å²) in [5, 5.41) is 8.33. The normalized spacial score (nSPS) is 12.7. The summed E-state index contributed by atoms with van der Waals surface area (Å²) in [4.78, 5) is 25.1. The number of para-hydroxylation sites is 1. The summed E-state index contributed by atoms with van der Waals surface area (Å²) in [6.07, 6.45) is -1.20. The number of ether oxygens (including phenoxy) is 2. The molecule has 10 heteroatoms. The lowest BCUT2D eigenvalue weighted by Crippen LogP contribution is -2.30. The number of nitrogens with one attached hydrogen (secondary N) is 1. The largest absolute Gasteiger partial charge is 0.449 e. The maximum atomic E-state index is 12.8. The second-order valence-corrected chi connectivity index (χ2v) is 8.93. The molecule has 0 aliphatic carbocycles. The molecule has 3 rings (SSSR count). The number of sulfonamides is 1. The number of esters is 1. The van der Waals surface area contributed by atoms with Crippen molar-refractivity contribution in [2.24, 2.45) is 5.14 Å². The third-order valence-corrected chi connectivity index (χ3v) is 5.48. The molecule has 0 fully saturated rings. The van der Waals surface area contributed by atoms with Gasteiger partial charge in [0.1, 0.15) is 5.58 Å². The molecule has 0 unspecified atom stereocenters. The molecule has 0 spiro atoms. The fraction of sp³-hybridized carbons (Fsp3) is 0.273. The van der Waals surface area contributed by atoms with Crippen molar-refractivity contribution >= 4 is 38.6 Å². The molecule has 1 atom stereocenters. The van der Waals surface area contributed by atoms with E-state index in [1.807, 2.05) is 26.0 Å². The van der Waals surface area contributed by atoms with Crippen LogP contribution in [0.2, 0.25) is 0 Å². The zero-order chi connectivity index (χ0) is 23.5. The van der Waals surface area contributed by atoms with Crippen LogP contribution in [0.25, 0.3) is 11.0 Å². The minimum Gasteiger partial charge on any atom is -0.449 e. The SMILES string of the molecule is CC(C)OCc1c(C(=O)O[C@@H](C)C(=O)Nc2ccc(S(N)(=O)=O)cc2)oc2ccccc12. The third-order valence-electron chi connectivity index (χ3n) is 4.55. The zero-order valence-corrected chi connectivity index (χ0v) is 18.6. The van der Waals surface area contributed by atoms with Crippen LogP contribution in [0.3, 0.4) is 0 Å². The first-order chi connectivity index (χ1) is 15.1. The summed E-state index contributed by atoms with van der Waals surface area (Å²) >= 11 is 0. The highest BCUT2D eigenvalue weighted by molar-refractivity contribution is 7.89. The molecular formula is C22H24N2O7S. The highest BCUT2D eigenvalue weighted by atomic mass is 32.2. The average Bonchev–Trinajstić information content (AvgIpc) is 3.10. The maximum Gasteiger partial charge on any atom is 0.375 e. The Morgan fingerprint density at radius 1 is 1.06 bits per heavy atom. The zero-order valence-electron chi connectivity index (χ0n) is 17.8. The van der Waals surface area contributed by atoms with Gasteiger partial charge in [-0.1, -0.05) is 18.2 Å². The fourth-order valence-corrected chi connectivity index (χ4v) is 3.41. The van der Waals surface area contributed by atoms with Crippen LogP contribution in [0.15, 0.2) is 57.8 Å². The van der Waals surface area contributed by atoms with Crippen LogP contribution in [-0.4, -0.2) is 32.5 Å². The molecule has 32 heavy (non-hydrogen) atoms. The lowest BCUT2D eigenvalue weighted by molar-refractivity contribution is -0.123. The smallest absolute Gasteiger partial charge is 0.375 e. The molecule has 170 valence electrons. The summed E-state index contributed by atoms with van der Waals surface area (Å²) in [6, 6.07) is 12.4. The monoisotopic (exact) mass is 460 g/mol. The molecule has 1 amide bonds. The van der Waals surface area contributed by atoms with Crippen molar-refractivity contribution in [3.05, 3.63) is 59.9 Å². The van der Waals surface area contributed by atoms with Crippen molar-refractivity contribution in [2.75, 3.05) is 5.32 Å². The van der Waals surface area contributed by atoms with Gasteiger partial charge in [-0.3, -0.25) is 4.79 Å². The number of fused-ring (bicyclic) bond motifs is 1. The number of hydrogen-bond acceptors (Lipinski definition) is 7. The van der Waals surface area contributed by atoms with Gasteiger partial charge in [0.2, 0.25) is 15.8 Å². The number of benzene rings is 2. The fourth-order valence-electron chi connectivity index (χ4n) is 2.90. The highest BCUT2D eigenvalue weighted by Gasteiger charge is 2.26. The Hall–Kier alpha value is -3.21. The van der Waals surface area contributed by atoms with Crippen molar-refractivity contribution in [1.29, 1.82) is 0 Å². The van der Waals surface area contributed by atoms with Gasteiger partial charge in [0.15, 0.2) is 6.10 Å². The van der Waals surface area contributed by atoms with Gasteiger partial charge in [0.25, 0.3) is 5.91 Å². The Bertz CT molecular complexity index is 1230. The Balaban J connectivity index is 1.73. The van der Waals surface area contributed by atoms with E-state index < -0.39 is 28.0 Å². The summed E-state index contributed by atoms with van der Waals surface area (Å²) in [5.41, 5.74) is 1.37. The molecule has 0 saturated heterocycles. The van der Waals surface area contributed by atoms with Crippen molar-refractivity contribution < 1.29 is 31.9 Å². The van der Waals surface area contributed by atoms with E-state index in [1.54, 1.807) is 12.1 Å². The highest BCUT2D eigenvalue weighted by Crippen LogP contribution is 2.28. The van der Waals surface area contributed by atoms with Crippen molar-refractivity contribution in [1.82, 2.24) is 0 Å². The molecule has 0 radical (unpaired) electrons. The van der Waals surface area contributed by atoms with E-state index in [-0.39, 0.29) is 23.4 Å². The van der Waals surface area contributed by atoms with Crippen LogP contribution >= 0.6 is 0 Å². The molecule has 3 N–H and O–H groups in total. The molecule has 2 aromatic carbocycles. The van der Waals surface area contributed by atoms with Crippen molar-refractivity contribution in [2.45, 2.75) is 44.5 Å². The summed E-state index contributed by atoms with van der Waals surface area (Å²) in [7, 11) is -3.84. The first-order valence-corrected chi connectivity index (χ1v) is 11.4. The van der Waals surface area contributed by atoms with Crippen LogP contribution in [0.1, 0.15) is 36.9 Å². The van der Waals surface area contributed by atoms with Crippen LogP contribution in [0.5, 0.6) is 0 Å². The summed E-state index contributed by atoms with van der Waals surface area (Å²) < 4.78 is 39.3. The number of amides is 1. The molecule has 9 nitrogen and oxygen atoms in total. The number of nitrogens with two attached hydrogens (primary N) is 1. The molecule has 1 aromatic heterocycles. The predicted octanol–water partition coefficient (Wildman–Crippen LogP) is 3.19. The topological polar surface area (TPSA) is 138 Å². The molecular weight excluding hydrogens is 436 g/mol. The number of furan rings is 1. The van der Waals surface area contributed by atoms with E-state index in [1.165, 1.54) is 31.2 Å². The quantitative estimate of drug-likeness (QED) is 0.492. The number of primary sulfonamides is 1. The minimum atomic E-state index is -3.84. The lowest BCUT2D eigenvalue weighted by atomic mass is 10.1. The van der Waals surface area contributed by atoms with Gasteiger partial charge in [-0.15, -0.1) is 0 Å². The number of carbonyl (C=O) groups excluding carboxylic acids is 2. The predicted molar refractivity (Wildman–Crippen MR) is 117 cm³/mol. The summed E-state index contributed by atoms with van der Waals surface area (Å²) in [6.45, 7) is 5.32. The van der Waals surface area contributed by atoms with Gasteiger partial charge < -0.3 is 19.2 Å². The van der Waals surface area contributed by atoms with Crippen molar-refractivity contribution in [3.63, 3.8) is 0 Å². The van der Waals surface area contributed by atoms with Gasteiger partial charge >= 0.3 is 5.97 Å². The Labute approximate surface area is 185 Å². The maximum absolute atomic E-state index is 12.8. The average molecular weight is 461 g/mol. The molecule has 3 aromatic rings. The number of hydrogen-bond donors (Lipinski definition) is 2. The van der Waals surface area contributed by atoms with Gasteiger partial charge in [0, 0.05) is 16.6 Å². The van der Waals surface area contributed by atoms with E-state index in [2.05, 4.69) is 5.32 Å². The Morgan fingerprint density at radius 3 is 2.34 bits per heavy atom. The number of rotatable bonds is 8. The van der Waals surface area contributed by atoms with E-state index in [9.17, 15) is 18.0 Å². The molecule has 0 saturated carbocycles. The van der Waals surface area contributed by atoms with Gasteiger partial charge in [-0.25, -0.2) is 18.4 Å². The molecule has 1 heterocycles. The van der Waals surface area contributed by atoms with Crippen LogP contribution in [-0.2, 0) is 30.9 Å². The number of anilines is 1. The van der Waals surface area contributed by atoms with Crippen LogP contribution < -0.4 is 10.5 Å². The van der Waals surface area contributed by atoms with E-state index in [0.29, 0.717) is 16.8 Å². The molecule has 0 aliphatic rings. The van der Waals surface area contributed by atoms with Crippen molar-refractivity contribution in [3.8, 4) is 0 Å². The second-order valence-electron chi connectivity index (χ2n) is 7.37. The van der Waals surface area contributed by atoms with Crippen LogP contribution in [0.4, 0.5) is 5.69 Å². The Morgan fingerprint density at radius 2 is 1.72 bits per heavy atom. The first-order valence-electron chi connectivity index (χ1n) is 9.83. The van der Waals surface area contributed by atoms with Gasteiger partial charge in [-0.2, -0.15) is 0 Å². The number of carbonyl (C=O) groups is 2. The van der Waals surface area contributed by atoms with Crippen LogP contribution in [0, 0.1) is 0 Å². The van der Waals surface area contributed by atoms with Gasteiger partial charge in [0.05, 0.1) is 17.6 Å². The van der Waals surface area contributed by atoms with Gasteiger partial charge in [-0.05, 0) is 51.1 Å². The third kappa shape index (κ3) is 5.52. The standard InChI is InChI=1S/C22H24N2O7S/c1-13(2)29-12-18-17-6-4-5-7-19(17)31-20(18)22(26)30-14(3)21(25)24-15-8-10-16(11-9-15)32(23,27)28/h4-11,13-14H,12H2,1-3H3,(H,24,25)(H2,23,27,28)/t14-/m0/s1. The molecule has 0 aliphatic heterocycles. The van der Waals surface area contributed by atoms with E-state index >= 15 is 0 Å². The Kier molecular flexibility index (Phi) is 6.97. The first kappa shape index (κ1) is 23.5. The second kappa shape index (κ2) is 9.51.